The molecule has 1 fully saturated rings. The zero-order chi connectivity index (χ0) is 14.8. The van der Waals surface area contributed by atoms with E-state index in [1.54, 1.807) is 6.07 Å². The molecule has 0 aliphatic heterocycles. The Morgan fingerprint density at radius 1 is 1.35 bits per heavy atom. The summed E-state index contributed by atoms with van der Waals surface area (Å²) in [5.74, 6) is -1.58. The Morgan fingerprint density at radius 3 is 2.45 bits per heavy atom. The molecule has 0 unspecified atom stereocenters. The van der Waals surface area contributed by atoms with E-state index in [4.69, 9.17) is 0 Å². The molecule has 0 aromatic heterocycles. The predicted octanol–water partition coefficient (Wildman–Crippen LogP) is 2.43. The van der Waals surface area contributed by atoms with Gasteiger partial charge in [0.25, 0.3) is 0 Å². The second kappa shape index (κ2) is 5.04. The molecule has 1 aromatic carbocycles. The molecule has 0 saturated heterocycles. The molecule has 0 amide bonds. The summed E-state index contributed by atoms with van der Waals surface area (Å²) >= 11 is 0. The Balaban J connectivity index is 2.32. The zero-order valence-electron chi connectivity index (χ0n) is 10.8. The third-order valence-corrected chi connectivity index (χ3v) is 4.24. The SMILES string of the molecule is N#CC1(c2cccc(F)c2)CCC(C=O)(C(=O)O)CC1. The van der Waals surface area contributed by atoms with Gasteiger partial charge < -0.3 is 9.90 Å². The molecule has 5 heteroatoms. The summed E-state index contributed by atoms with van der Waals surface area (Å²) in [6.07, 6.45) is 1.12. The number of aliphatic carboxylic acids is 1. The van der Waals surface area contributed by atoms with Crippen molar-refractivity contribution in [2.24, 2.45) is 5.41 Å². The fraction of sp³-hybridized carbons (Fsp3) is 0.400. The Labute approximate surface area is 115 Å². The van der Waals surface area contributed by atoms with Crippen molar-refractivity contribution in [1.29, 1.82) is 5.26 Å². The van der Waals surface area contributed by atoms with Crippen molar-refractivity contribution in [2.45, 2.75) is 31.1 Å². The molecule has 0 heterocycles. The number of halogens is 1. The molecule has 0 radical (unpaired) electrons. The van der Waals surface area contributed by atoms with Gasteiger partial charge in [-0.05, 0) is 43.4 Å². The minimum absolute atomic E-state index is 0.0932. The number of nitriles is 1. The lowest BCUT2D eigenvalue weighted by Crippen LogP contribution is -2.42. The van der Waals surface area contributed by atoms with Crippen molar-refractivity contribution in [3.63, 3.8) is 0 Å². The molecule has 0 atom stereocenters. The van der Waals surface area contributed by atoms with Gasteiger partial charge in [-0.1, -0.05) is 12.1 Å². The second-order valence-electron chi connectivity index (χ2n) is 5.28. The standard InChI is InChI=1S/C15H14FNO3/c16-12-3-1-2-11(8-12)14(9-17)4-6-15(10-18,7-5-14)13(19)20/h1-3,8,10H,4-7H2,(H,19,20). The fourth-order valence-corrected chi connectivity index (χ4v) is 2.76. The Bertz CT molecular complexity index is 583. The van der Waals surface area contributed by atoms with E-state index in [2.05, 4.69) is 6.07 Å². The van der Waals surface area contributed by atoms with Gasteiger partial charge in [0.2, 0.25) is 0 Å². The summed E-state index contributed by atoms with van der Waals surface area (Å²) in [6, 6.07) is 7.98. The highest BCUT2D eigenvalue weighted by Gasteiger charge is 2.48. The lowest BCUT2D eigenvalue weighted by Gasteiger charge is -2.38. The van der Waals surface area contributed by atoms with Crippen LogP contribution in [0.5, 0.6) is 0 Å². The second-order valence-corrected chi connectivity index (χ2v) is 5.28. The molecule has 20 heavy (non-hydrogen) atoms. The lowest BCUT2D eigenvalue weighted by molar-refractivity contribution is -0.153. The minimum Gasteiger partial charge on any atom is -0.481 e. The smallest absolute Gasteiger partial charge is 0.316 e. The number of aldehydes is 1. The summed E-state index contributed by atoms with van der Waals surface area (Å²) in [6.45, 7) is 0. The van der Waals surface area contributed by atoms with Crippen molar-refractivity contribution in [3.8, 4) is 6.07 Å². The quantitative estimate of drug-likeness (QED) is 0.678. The summed E-state index contributed by atoms with van der Waals surface area (Å²) in [7, 11) is 0. The highest BCUT2D eigenvalue weighted by molar-refractivity contribution is 5.92. The van der Waals surface area contributed by atoms with Gasteiger partial charge in [-0.15, -0.1) is 0 Å². The van der Waals surface area contributed by atoms with Crippen molar-refractivity contribution in [3.05, 3.63) is 35.6 Å². The molecule has 4 nitrogen and oxygen atoms in total. The van der Waals surface area contributed by atoms with E-state index >= 15 is 0 Å². The van der Waals surface area contributed by atoms with Crippen molar-refractivity contribution >= 4 is 12.3 Å². The van der Waals surface area contributed by atoms with E-state index in [1.165, 1.54) is 18.2 Å². The molecule has 104 valence electrons. The number of nitrogens with zero attached hydrogens (tertiary/aromatic N) is 1. The summed E-state index contributed by atoms with van der Waals surface area (Å²) in [5.41, 5.74) is -1.78. The minimum atomic E-state index is -1.41. The summed E-state index contributed by atoms with van der Waals surface area (Å²) in [4.78, 5) is 22.3. The van der Waals surface area contributed by atoms with Crippen LogP contribution in [0.1, 0.15) is 31.2 Å². The molecule has 1 N–H and O–H groups in total. The summed E-state index contributed by atoms with van der Waals surface area (Å²) < 4.78 is 13.3. The van der Waals surface area contributed by atoms with Gasteiger partial charge in [0.1, 0.15) is 17.5 Å². The topological polar surface area (TPSA) is 78.2 Å². The van der Waals surface area contributed by atoms with Gasteiger partial charge in [0, 0.05) is 0 Å². The number of hydrogen-bond donors (Lipinski definition) is 1. The number of carbonyl (C=O) groups is 2. The van der Waals surface area contributed by atoms with E-state index in [0.717, 1.165) is 0 Å². The summed E-state index contributed by atoms with van der Waals surface area (Å²) in [5, 5.41) is 18.6. The van der Waals surface area contributed by atoms with Gasteiger partial charge in [-0.2, -0.15) is 5.26 Å². The molecular weight excluding hydrogens is 261 g/mol. The highest BCUT2D eigenvalue weighted by Crippen LogP contribution is 2.46. The molecule has 2 rings (SSSR count). The van der Waals surface area contributed by atoms with Crippen LogP contribution in [-0.4, -0.2) is 17.4 Å². The first-order chi connectivity index (χ1) is 9.48. The number of rotatable bonds is 3. The van der Waals surface area contributed by atoms with Crippen molar-refractivity contribution < 1.29 is 19.1 Å². The number of carboxylic acid groups (broad SMARTS) is 1. The fourth-order valence-electron chi connectivity index (χ4n) is 2.76. The number of carbonyl (C=O) groups excluding carboxylic acids is 1. The molecule has 0 bridgehead atoms. The van der Waals surface area contributed by atoms with Crippen LogP contribution in [0.2, 0.25) is 0 Å². The predicted molar refractivity (Wildman–Crippen MR) is 68.3 cm³/mol. The normalized spacial score (nSPS) is 29.4. The molecule has 1 saturated carbocycles. The average molecular weight is 275 g/mol. The molecule has 1 aromatic rings. The number of hydrogen-bond acceptors (Lipinski definition) is 3. The van der Waals surface area contributed by atoms with Gasteiger partial charge in [0.05, 0.1) is 11.5 Å². The van der Waals surface area contributed by atoms with Crippen molar-refractivity contribution in [2.75, 3.05) is 0 Å². The van der Waals surface area contributed by atoms with Crippen LogP contribution in [0.25, 0.3) is 0 Å². The Morgan fingerprint density at radius 2 is 2.00 bits per heavy atom. The number of benzene rings is 1. The first-order valence-corrected chi connectivity index (χ1v) is 6.35. The van der Waals surface area contributed by atoms with Crippen LogP contribution in [-0.2, 0) is 15.0 Å². The maximum atomic E-state index is 13.3. The molecule has 1 aliphatic rings. The molecule has 0 spiro atoms. The monoisotopic (exact) mass is 275 g/mol. The van der Waals surface area contributed by atoms with E-state index in [-0.39, 0.29) is 25.7 Å². The Kier molecular flexibility index (Phi) is 3.58. The lowest BCUT2D eigenvalue weighted by atomic mass is 9.62. The highest BCUT2D eigenvalue weighted by atomic mass is 19.1. The van der Waals surface area contributed by atoms with E-state index in [9.17, 15) is 24.3 Å². The van der Waals surface area contributed by atoms with Crippen LogP contribution in [0.15, 0.2) is 24.3 Å². The molecular formula is C15H14FNO3. The van der Waals surface area contributed by atoms with E-state index in [1.807, 2.05) is 0 Å². The van der Waals surface area contributed by atoms with Gasteiger partial charge >= 0.3 is 5.97 Å². The average Bonchev–Trinajstić information content (AvgIpc) is 2.47. The zero-order valence-corrected chi connectivity index (χ0v) is 10.8. The van der Waals surface area contributed by atoms with Crippen LogP contribution in [0.4, 0.5) is 4.39 Å². The maximum absolute atomic E-state index is 13.3. The van der Waals surface area contributed by atoms with Crippen molar-refractivity contribution in [1.82, 2.24) is 0 Å². The largest absolute Gasteiger partial charge is 0.481 e. The van der Waals surface area contributed by atoms with E-state index < -0.39 is 22.6 Å². The third kappa shape index (κ3) is 2.18. The van der Waals surface area contributed by atoms with Gasteiger partial charge in [-0.25, -0.2) is 4.39 Å². The van der Waals surface area contributed by atoms with Crippen LogP contribution in [0, 0.1) is 22.6 Å². The Hall–Kier alpha value is -2.22. The third-order valence-electron chi connectivity index (χ3n) is 4.24. The maximum Gasteiger partial charge on any atom is 0.316 e. The first kappa shape index (κ1) is 14.2. The number of carboxylic acids is 1. The van der Waals surface area contributed by atoms with Gasteiger partial charge in [0.15, 0.2) is 0 Å². The van der Waals surface area contributed by atoms with E-state index in [0.29, 0.717) is 11.8 Å². The van der Waals surface area contributed by atoms with Crippen LogP contribution >= 0.6 is 0 Å². The van der Waals surface area contributed by atoms with Crippen LogP contribution in [0.3, 0.4) is 0 Å². The van der Waals surface area contributed by atoms with Crippen LogP contribution < -0.4 is 0 Å². The van der Waals surface area contributed by atoms with Gasteiger partial charge in [-0.3, -0.25) is 4.79 Å². The first-order valence-electron chi connectivity index (χ1n) is 6.35. The molecule has 1 aliphatic carbocycles.